The Morgan fingerprint density at radius 3 is 2.64 bits per heavy atom. The third-order valence-corrected chi connectivity index (χ3v) is 6.14. The van der Waals surface area contributed by atoms with Crippen molar-refractivity contribution < 1.29 is 19.2 Å². The minimum absolute atomic E-state index is 0.0733. The van der Waals surface area contributed by atoms with Crippen molar-refractivity contribution in [3.8, 4) is 11.1 Å². The molecule has 0 bridgehead atoms. The van der Waals surface area contributed by atoms with E-state index in [1.165, 1.54) is 0 Å². The lowest BCUT2D eigenvalue weighted by Gasteiger charge is -2.40. The number of hydrogen-bond donors (Lipinski definition) is 2. The molecule has 2 aliphatic heterocycles. The lowest BCUT2D eigenvalue weighted by Crippen LogP contribution is -2.59. The third kappa shape index (κ3) is 5.02. The number of piperazine rings is 1. The maximum absolute atomic E-state index is 13.2. The van der Waals surface area contributed by atoms with Crippen LogP contribution in [0.4, 0.5) is 4.79 Å². The number of imide groups is 1. The van der Waals surface area contributed by atoms with Crippen LogP contribution < -0.4 is 10.6 Å². The highest BCUT2D eigenvalue weighted by Gasteiger charge is 2.37. The van der Waals surface area contributed by atoms with Crippen molar-refractivity contribution in [2.75, 3.05) is 19.6 Å². The number of carbonyl (C=O) groups excluding carboxylic acids is 4. The zero-order valence-electron chi connectivity index (χ0n) is 18.5. The van der Waals surface area contributed by atoms with E-state index >= 15 is 0 Å². The number of benzene rings is 1. The van der Waals surface area contributed by atoms with E-state index in [1.807, 2.05) is 43.3 Å². The molecule has 0 aliphatic carbocycles. The van der Waals surface area contributed by atoms with Crippen LogP contribution >= 0.6 is 0 Å². The minimum Gasteiger partial charge on any atom is -0.339 e. The van der Waals surface area contributed by atoms with Gasteiger partial charge in [-0.2, -0.15) is 0 Å². The summed E-state index contributed by atoms with van der Waals surface area (Å²) < 4.78 is 0. The number of urea groups is 1. The van der Waals surface area contributed by atoms with Gasteiger partial charge >= 0.3 is 6.03 Å². The maximum Gasteiger partial charge on any atom is 0.322 e. The fraction of sp³-hybridized carbons (Fsp3) is 0.375. The van der Waals surface area contributed by atoms with E-state index in [1.54, 1.807) is 22.2 Å². The summed E-state index contributed by atoms with van der Waals surface area (Å²) in [5.74, 6) is -0.694. The number of rotatable bonds is 7. The van der Waals surface area contributed by atoms with E-state index < -0.39 is 24.0 Å². The molecule has 33 heavy (non-hydrogen) atoms. The first-order chi connectivity index (χ1) is 16.0. The molecule has 2 fully saturated rings. The third-order valence-electron chi connectivity index (χ3n) is 6.14. The molecule has 3 heterocycles. The second-order valence-electron chi connectivity index (χ2n) is 8.22. The van der Waals surface area contributed by atoms with Gasteiger partial charge in [0.15, 0.2) is 0 Å². The van der Waals surface area contributed by atoms with Crippen LogP contribution in [0.15, 0.2) is 48.8 Å². The first-order valence-electron chi connectivity index (χ1n) is 11.1. The van der Waals surface area contributed by atoms with E-state index in [2.05, 4.69) is 15.6 Å². The van der Waals surface area contributed by atoms with Gasteiger partial charge in [0.1, 0.15) is 12.1 Å². The molecule has 1 aromatic heterocycles. The van der Waals surface area contributed by atoms with Crippen molar-refractivity contribution in [3.63, 3.8) is 0 Å². The van der Waals surface area contributed by atoms with Gasteiger partial charge in [0, 0.05) is 44.9 Å². The zero-order chi connectivity index (χ0) is 23.4. The molecule has 2 atom stereocenters. The molecule has 2 aromatic rings. The van der Waals surface area contributed by atoms with Gasteiger partial charge in [-0.05, 0) is 36.1 Å². The highest BCUT2D eigenvalue weighted by atomic mass is 16.2. The molecule has 0 radical (unpaired) electrons. The molecule has 0 spiro atoms. The van der Waals surface area contributed by atoms with Gasteiger partial charge < -0.3 is 15.1 Å². The predicted octanol–water partition coefficient (Wildman–Crippen LogP) is 1.34. The number of pyridine rings is 1. The van der Waals surface area contributed by atoms with Gasteiger partial charge in [0.25, 0.3) is 5.91 Å². The number of nitrogens with one attached hydrogen (secondary N) is 2. The predicted molar refractivity (Wildman–Crippen MR) is 121 cm³/mol. The molecular formula is C24H27N5O4. The number of likely N-dealkylation sites (N-methyl/N-ethyl adjacent to an activating group) is 1. The zero-order valence-corrected chi connectivity index (χ0v) is 18.5. The summed E-state index contributed by atoms with van der Waals surface area (Å²) in [7, 11) is 0. The summed E-state index contributed by atoms with van der Waals surface area (Å²) in [4.78, 5) is 56.9. The minimum atomic E-state index is -0.719. The van der Waals surface area contributed by atoms with Crippen LogP contribution in [-0.2, 0) is 20.8 Å². The summed E-state index contributed by atoms with van der Waals surface area (Å²) >= 11 is 0. The average molecular weight is 450 g/mol. The van der Waals surface area contributed by atoms with Crippen LogP contribution in [0.2, 0.25) is 0 Å². The van der Waals surface area contributed by atoms with Crippen molar-refractivity contribution >= 4 is 23.8 Å². The Balaban J connectivity index is 1.50. The van der Waals surface area contributed by atoms with E-state index in [-0.39, 0.29) is 24.7 Å². The quantitative estimate of drug-likeness (QED) is 0.620. The molecule has 172 valence electrons. The summed E-state index contributed by atoms with van der Waals surface area (Å²) in [6.45, 7) is 3.43. The molecule has 2 unspecified atom stereocenters. The van der Waals surface area contributed by atoms with Crippen LogP contribution in [0, 0.1) is 0 Å². The fourth-order valence-corrected chi connectivity index (χ4v) is 4.36. The maximum atomic E-state index is 13.2. The second-order valence-corrected chi connectivity index (χ2v) is 8.22. The highest BCUT2D eigenvalue weighted by Crippen LogP contribution is 2.23. The first-order valence-corrected chi connectivity index (χ1v) is 11.1. The Morgan fingerprint density at radius 2 is 1.94 bits per heavy atom. The van der Waals surface area contributed by atoms with Gasteiger partial charge in [-0.15, -0.1) is 0 Å². The topological polar surface area (TPSA) is 112 Å². The van der Waals surface area contributed by atoms with Gasteiger partial charge in [-0.1, -0.05) is 30.3 Å². The van der Waals surface area contributed by atoms with Gasteiger partial charge in [-0.3, -0.25) is 24.7 Å². The van der Waals surface area contributed by atoms with E-state index in [0.29, 0.717) is 26.1 Å². The molecule has 2 saturated heterocycles. The number of carbonyl (C=O) groups is 4. The molecule has 5 amide bonds. The molecule has 1 aromatic carbocycles. The van der Waals surface area contributed by atoms with Crippen LogP contribution in [0.1, 0.15) is 25.3 Å². The average Bonchev–Trinajstić information content (AvgIpc) is 3.16. The smallest absolute Gasteiger partial charge is 0.322 e. The summed E-state index contributed by atoms with van der Waals surface area (Å²) in [5, 5.41) is 4.68. The Bertz CT molecular complexity index is 1060. The van der Waals surface area contributed by atoms with Gasteiger partial charge in [0.2, 0.25) is 11.8 Å². The standard InChI is InChI=1S/C24H27N5O4/c1-2-28-11-12-29(21(30)9-8-19-22(31)27-24(33)26-19)20(23(28)32)14-16-5-3-6-17(13-16)18-7-4-10-25-15-18/h3-7,10,13,15,19-20H,2,8-9,11-12,14H2,1H3,(H2,26,27,31,33). The monoisotopic (exact) mass is 449 g/mol. The highest BCUT2D eigenvalue weighted by molar-refractivity contribution is 6.04. The van der Waals surface area contributed by atoms with Crippen molar-refractivity contribution in [1.29, 1.82) is 0 Å². The van der Waals surface area contributed by atoms with Crippen molar-refractivity contribution in [2.24, 2.45) is 0 Å². The van der Waals surface area contributed by atoms with E-state index in [0.717, 1.165) is 16.7 Å². The largest absolute Gasteiger partial charge is 0.339 e. The molecule has 9 nitrogen and oxygen atoms in total. The lowest BCUT2D eigenvalue weighted by molar-refractivity contribution is -0.151. The molecular weight excluding hydrogens is 422 g/mol. The Hall–Kier alpha value is -3.75. The van der Waals surface area contributed by atoms with Crippen LogP contribution in [-0.4, -0.2) is 70.3 Å². The van der Waals surface area contributed by atoms with Crippen molar-refractivity contribution in [3.05, 3.63) is 54.4 Å². The first kappa shape index (κ1) is 22.4. The Morgan fingerprint density at radius 1 is 1.12 bits per heavy atom. The molecule has 4 rings (SSSR count). The van der Waals surface area contributed by atoms with Crippen LogP contribution in [0.5, 0.6) is 0 Å². The van der Waals surface area contributed by atoms with Crippen molar-refractivity contribution in [1.82, 2.24) is 25.4 Å². The van der Waals surface area contributed by atoms with Gasteiger partial charge in [0.05, 0.1) is 0 Å². The normalized spacial score (nSPS) is 20.6. The van der Waals surface area contributed by atoms with Crippen molar-refractivity contribution in [2.45, 2.75) is 38.3 Å². The lowest BCUT2D eigenvalue weighted by atomic mass is 9.97. The molecule has 2 aliphatic rings. The fourth-order valence-electron chi connectivity index (χ4n) is 4.36. The molecule has 2 N–H and O–H groups in total. The van der Waals surface area contributed by atoms with E-state index in [9.17, 15) is 19.2 Å². The number of amides is 5. The summed E-state index contributed by atoms with van der Waals surface area (Å²) in [5.41, 5.74) is 2.93. The van der Waals surface area contributed by atoms with Crippen LogP contribution in [0.25, 0.3) is 11.1 Å². The molecule has 9 heteroatoms. The Labute approximate surface area is 192 Å². The summed E-state index contributed by atoms with van der Waals surface area (Å²) in [6.07, 6.45) is 4.18. The molecule has 0 saturated carbocycles. The van der Waals surface area contributed by atoms with Gasteiger partial charge in [-0.25, -0.2) is 4.79 Å². The Kier molecular flexibility index (Phi) is 6.67. The second kappa shape index (κ2) is 9.81. The number of nitrogens with zero attached hydrogens (tertiary/aromatic N) is 3. The van der Waals surface area contributed by atoms with E-state index in [4.69, 9.17) is 0 Å². The SMILES string of the molecule is CCN1CCN(C(=O)CCC2NC(=O)NC2=O)C(Cc2cccc(-c3cccnc3)c2)C1=O. The summed E-state index contributed by atoms with van der Waals surface area (Å²) in [6, 6.07) is 9.89. The number of aromatic nitrogens is 1. The van der Waals surface area contributed by atoms with Crippen LogP contribution in [0.3, 0.4) is 0 Å². The number of hydrogen-bond acceptors (Lipinski definition) is 5.